The molecule has 2 aromatic rings. The number of fused-ring (bicyclic) bond motifs is 1. The second kappa shape index (κ2) is 5.51. The van der Waals surface area contributed by atoms with Crippen molar-refractivity contribution in [2.45, 2.75) is 30.2 Å². The topological polar surface area (TPSA) is 123 Å². The van der Waals surface area contributed by atoms with Crippen molar-refractivity contribution in [2.24, 2.45) is 0 Å². The summed E-state index contributed by atoms with van der Waals surface area (Å²) in [5.74, 6) is 0.0797. The third kappa shape index (κ3) is 2.14. The Kier molecular flexibility index (Phi) is 3.86. The van der Waals surface area contributed by atoms with Crippen molar-refractivity contribution in [3.63, 3.8) is 0 Å². The van der Waals surface area contributed by atoms with Gasteiger partial charge in [0.2, 0.25) is 11.5 Å². The third-order valence-corrected chi connectivity index (χ3v) is 3.93. The van der Waals surface area contributed by atoms with E-state index in [0.29, 0.717) is 0 Å². The Morgan fingerprint density at radius 2 is 2.04 bits per heavy atom. The molecule has 2 aromatic heterocycles. The van der Waals surface area contributed by atoms with Crippen molar-refractivity contribution in [2.75, 3.05) is 13.7 Å². The van der Waals surface area contributed by atoms with E-state index in [1.54, 1.807) is 0 Å². The molecule has 3 rings (SSSR count). The minimum Gasteiger partial charge on any atom is -0.479 e. The van der Waals surface area contributed by atoms with Gasteiger partial charge in [-0.2, -0.15) is 18.2 Å². The standard InChI is InChI=1S/C12H13F3N4O5/c1-23-9-5-8(16-3-17-9)19(4-18-5)10-6(21)7(22)11(2-20,24-10)12(13,14)15/h3-4,6-7,10,20-22H,2H2,1H3/t6-,7+,10-,11-/m1/s1. The first-order valence-corrected chi connectivity index (χ1v) is 6.70. The van der Waals surface area contributed by atoms with Gasteiger partial charge in [-0.05, 0) is 0 Å². The van der Waals surface area contributed by atoms with Gasteiger partial charge >= 0.3 is 6.18 Å². The molecule has 0 unspecified atom stereocenters. The van der Waals surface area contributed by atoms with E-state index in [-0.39, 0.29) is 17.0 Å². The van der Waals surface area contributed by atoms with Crippen molar-refractivity contribution in [1.29, 1.82) is 0 Å². The summed E-state index contributed by atoms with van der Waals surface area (Å²) in [6.07, 6.45) is -8.98. The fourth-order valence-corrected chi connectivity index (χ4v) is 2.63. The van der Waals surface area contributed by atoms with Gasteiger partial charge in [-0.3, -0.25) is 4.57 Å². The number of hydrogen-bond donors (Lipinski definition) is 3. The minimum absolute atomic E-state index is 0.0361. The predicted molar refractivity (Wildman–Crippen MR) is 69.9 cm³/mol. The maximum Gasteiger partial charge on any atom is 0.422 e. The molecule has 12 heteroatoms. The number of hydrogen-bond acceptors (Lipinski definition) is 8. The lowest BCUT2D eigenvalue weighted by Crippen LogP contribution is -2.57. The highest BCUT2D eigenvalue weighted by Gasteiger charge is 2.69. The molecule has 1 fully saturated rings. The van der Waals surface area contributed by atoms with Gasteiger partial charge in [-0.25, -0.2) is 9.97 Å². The zero-order valence-electron chi connectivity index (χ0n) is 12.2. The first-order chi connectivity index (χ1) is 11.3. The average Bonchev–Trinajstić information content (AvgIpc) is 3.07. The molecule has 24 heavy (non-hydrogen) atoms. The molecule has 3 N–H and O–H groups in total. The zero-order chi connectivity index (χ0) is 17.7. The Morgan fingerprint density at radius 3 is 2.58 bits per heavy atom. The molecule has 0 saturated carbocycles. The van der Waals surface area contributed by atoms with Crippen molar-refractivity contribution >= 4 is 11.2 Å². The lowest BCUT2D eigenvalue weighted by atomic mass is 9.95. The summed E-state index contributed by atoms with van der Waals surface area (Å²) < 4.78 is 50.6. The highest BCUT2D eigenvalue weighted by molar-refractivity contribution is 5.76. The van der Waals surface area contributed by atoms with E-state index < -0.39 is 36.8 Å². The fraction of sp³-hybridized carbons (Fsp3) is 0.583. The number of nitrogens with zero attached hydrogens (tertiary/aromatic N) is 4. The van der Waals surface area contributed by atoms with Crippen LogP contribution in [0.2, 0.25) is 0 Å². The summed E-state index contributed by atoms with van der Waals surface area (Å²) in [6, 6.07) is 0. The summed E-state index contributed by atoms with van der Waals surface area (Å²) in [4.78, 5) is 11.6. The lowest BCUT2D eigenvalue weighted by molar-refractivity contribution is -0.305. The van der Waals surface area contributed by atoms with Crippen LogP contribution in [0.15, 0.2) is 12.7 Å². The van der Waals surface area contributed by atoms with Crippen LogP contribution in [-0.2, 0) is 4.74 Å². The number of halogens is 3. The van der Waals surface area contributed by atoms with Crippen molar-refractivity contribution in [3.05, 3.63) is 12.7 Å². The number of ether oxygens (including phenoxy) is 2. The van der Waals surface area contributed by atoms with Crippen molar-refractivity contribution in [1.82, 2.24) is 19.5 Å². The number of aliphatic hydroxyl groups excluding tert-OH is 3. The number of aromatic nitrogens is 4. The summed E-state index contributed by atoms with van der Waals surface area (Å²) in [6.45, 7) is -1.56. The van der Waals surface area contributed by atoms with E-state index in [1.165, 1.54) is 7.11 Å². The van der Waals surface area contributed by atoms with E-state index in [0.717, 1.165) is 17.2 Å². The lowest BCUT2D eigenvalue weighted by Gasteiger charge is -2.31. The number of imidazole rings is 1. The maximum absolute atomic E-state index is 13.3. The van der Waals surface area contributed by atoms with Gasteiger partial charge in [0.15, 0.2) is 17.4 Å². The molecule has 9 nitrogen and oxygen atoms in total. The molecule has 0 amide bonds. The van der Waals surface area contributed by atoms with E-state index in [9.17, 15) is 23.4 Å². The van der Waals surface area contributed by atoms with Crippen LogP contribution in [0.5, 0.6) is 5.88 Å². The van der Waals surface area contributed by atoms with Crippen molar-refractivity contribution < 1.29 is 38.0 Å². The summed E-state index contributed by atoms with van der Waals surface area (Å²) in [5, 5.41) is 29.0. The molecule has 0 spiro atoms. The smallest absolute Gasteiger partial charge is 0.422 e. The first-order valence-electron chi connectivity index (χ1n) is 6.70. The molecule has 0 bridgehead atoms. The van der Waals surface area contributed by atoms with Crippen LogP contribution in [0.4, 0.5) is 13.2 Å². The molecule has 4 atom stereocenters. The molecule has 1 aliphatic rings. The normalized spacial score (nSPS) is 30.9. The largest absolute Gasteiger partial charge is 0.479 e. The Morgan fingerprint density at radius 1 is 1.33 bits per heavy atom. The minimum atomic E-state index is -5.11. The Bertz CT molecular complexity index is 754. The van der Waals surface area contributed by atoms with Gasteiger partial charge in [-0.1, -0.05) is 0 Å². The van der Waals surface area contributed by atoms with Gasteiger partial charge in [0.25, 0.3) is 0 Å². The third-order valence-electron chi connectivity index (χ3n) is 3.93. The van der Waals surface area contributed by atoms with Gasteiger partial charge in [0, 0.05) is 0 Å². The maximum atomic E-state index is 13.3. The molecular formula is C12H13F3N4O5. The molecular weight excluding hydrogens is 337 g/mol. The number of methoxy groups -OCH3 is 1. The van der Waals surface area contributed by atoms with Crippen LogP contribution < -0.4 is 4.74 Å². The van der Waals surface area contributed by atoms with Gasteiger partial charge in [-0.15, -0.1) is 0 Å². The van der Waals surface area contributed by atoms with Crippen LogP contribution in [0.25, 0.3) is 11.2 Å². The number of aliphatic hydroxyl groups is 3. The highest BCUT2D eigenvalue weighted by atomic mass is 19.4. The van der Waals surface area contributed by atoms with E-state index in [4.69, 9.17) is 14.6 Å². The summed E-state index contributed by atoms with van der Waals surface area (Å²) >= 11 is 0. The van der Waals surface area contributed by atoms with Crippen LogP contribution in [-0.4, -0.2) is 72.5 Å². The monoisotopic (exact) mass is 350 g/mol. The van der Waals surface area contributed by atoms with Crippen molar-refractivity contribution in [3.8, 4) is 5.88 Å². The molecule has 0 aliphatic carbocycles. The summed E-state index contributed by atoms with van der Waals surface area (Å²) in [7, 11) is 1.33. The second-order valence-corrected chi connectivity index (χ2v) is 5.20. The van der Waals surface area contributed by atoms with Crippen LogP contribution in [0.3, 0.4) is 0 Å². The quantitative estimate of drug-likeness (QED) is 0.669. The molecule has 1 saturated heterocycles. The Balaban J connectivity index is 2.08. The van der Waals surface area contributed by atoms with Gasteiger partial charge in [0.1, 0.15) is 18.5 Å². The summed E-state index contributed by atoms with van der Waals surface area (Å²) in [5.41, 5.74) is -3.14. The van der Waals surface area contributed by atoms with Crippen LogP contribution in [0.1, 0.15) is 6.23 Å². The van der Waals surface area contributed by atoms with E-state index in [2.05, 4.69) is 15.0 Å². The van der Waals surface area contributed by atoms with Crippen LogP contribution >= 0.6 is 0 Å². The fourth-order valence-electron chi connectivity index (χ4n) is 2.63. The predicted octanol–water partition coefficient (Wildman–Crippen LogP) is -0.621. The number of alkyl halides is 3. The SMILES string of the molecule is COc1ncnc2c1ncn2[C@@H]1O[C@@](CO)(C(F)(F)F)[C@@H](O)[C@H]1O. The van der Waals surface area contributed by atoms with Gasteiger partial charge in [0.05, 0.1) is 20.0 Å². The molecule has 132 valence electrons. The zero-order valence-corrected chi connectivity index (χ0v) is 12.2. The highest BCUT2D eigenvalue weighted by Crippen LogP contribution is 2.47. The number of rotatable bonds is 3. The molecule has 0 aromatic carbocycles. The molecule has 3 heterocycles. The first kappa shape index (κ1) is 16.8. The van der Waals surface area contributed by atoms with E-state index in [1.807, 2.05) is 0 Å². The van der Waals surface area contributed by atoms with E-state index >= 15 is 0 Å². The second-order valence-electron chi connectivity index (χ2n) is 5.20. The molecule has 1 aliphatic heterocycles. The Labute approximate surface area is 132 Å². The molecule has 0 radical (unpaired) electrons. The van der Waals surface area contributed by atoms with Gasteiger partial charge < -0.3 is 24.8 Å². The van der Waals surface area contributed by atoms with Crippen LogP contribution in [0, 0.1) is 0 Å². The Hall–Kier alpha value is -2.02. The average molecular weight is 350 g/mol.